The molecule has 128 valence electrons. The van der Waals surface area contributed by atoms with Crippen molar-refractivity contribution in [1.29, 1.82) is 0 Å². The number of anilines is 1. The van der Waals surface area contributed by atoms with E-state index in [0.29, 0.717) is 24.6 Å². The van der Waals surface area contributed by atoms with Crippen molar-refractivity contribution in [3.63, 3.8) is 0 Å². The molecule has 1 atom stereocenters. The van der Waals surface area contributed by atoms with Gasteiger partial charge in [0.1, 0.15) is 16.7 Å². The Morgan fingerprint density at radius 2 is 2.08 bits per heavy atom. The van der Waals surface area contributed by atoms with Crippen molar-refractivity contribution in [2.45, 2.75) is 20.0 Å². The van der Waals surface area contributed by atoms with Crippen molar-refractivity contribution < 1.29 is 9.53 Å². The molecule has 24 heavy (non-hydrogen) atoms. The van der Waals surface area contributed by atoms with Crippen LogP contribution in [0.25, 0.3) is 0 Å². The molecule has 0 radical (unpaired) electrons. The maximum Gasteiger partial charge on any atom is 0.266 e. The highest BCUT2D eigenvalue weighted by Gasteiger charge is 2.30. The first-order chi connectivity index (χ1) is 11.5. The summed E-state index contributed by atoms with van der Waals surface area (Å²) in [7, 11) is 3.84. The molecule has 1 saturated heterocycles. The molecule has 0 bridgehead atoms. The molecule has 3 heterocycles. The number of carbonyl (C=O) groups excluding carboxylic acids is 1. The Morgan fingerprint density at radius 1 is 1.33 bits per heavy atom. The summed E-state index contributed by atoms with van der Waals surface area (Å²) in [4.78, 5) is 30.4. The van der Waals surface area contributed by atoms with Crippen LogP contribution in [-0.4, -0.2) is 59.6 Å². The monoisotopic (exact) mass is 347 g/mol. The van der Waals surface area contributed by atoms with Gasteiger partial charge >= 0.3 is 0 Å². The maximum atomic E-state index is 12.8. The van der Waals surface area contributed by atoms with Gasteiger partial charge in [0.2, 0.25) is 0 Å². The number of rotatable bonds is 3. The van der Waals surface area contributed by atoms with Crippen LogP contribution in [0.5, 0.6) is 0 Å². The Balaban J connectivity index is 1.82. The molecule has 0 N–H and O–H groups in total. The number of nitrogens with zero attached hydrogens (tertiary/aromatic N) is 5. The minimum Gasteiger partial charge on any atom is -0.368 e. The van der Waals surface area contributed by atoms with Crippen molar-refractivity contribution >= 4 is 23.1 Å². The molecule has 7 nitrogen and oxygen atoms in total. The Morgan fingerprint density at radius 3 is 2.75 bits per heavy atom. The van der Waals surface area contributed by atoms with Crippen molar-refractivity contribution in [1.82, 2.24) is 19.9 Å². The van der Waals surface area contributed by atoms with Crippen LogP contribution < -0.4 is 4.90 Å². The highest BCUT2D eigenvalue weighted by Crippen LogP contribution is 2.28. The van der Waals surface area contributed by atoms with Gasteiger partial charge in [0.15, 0.2) is 5.82 Å². The Hall–Kier alpha value is -2.06. The van der Waals surface area contributed by atoms with Crippen LogP contribution in [-0.2, 0) is 4.74 Å². The third-order valence-electron chi connectivity index (χ3n) is 3.89. The zero-order valence-corrected chi connectivity index (χ0v) is 15.1. The molecule has 1 amide bonds. The average Bonchev–Trinajstić information content (AvgIpc) is 2.92. The van der Waals surface area contributed by atoms with E-state index >= 15 is 0 Å². The Kier molecular flexibility index (Phi) is 4.77. The van der Waals surface area contributed by atoms with Crippen LogP contribution in [0, 0.1) is 13.8 Å². The summed E-state index contributed by atoms with van der Waals surface area (Å²) >= 11 is 1.44. The first kappa shape index (κ1) is 16.8. The zero-order valence-electron chi connectivity index (χ0n) is 14.3. The number of thiazole rings is 1. The second-order valence-corrected chi connectivity index (χ2v) is 7.12. The second-order valence-electron chi connectivity index (χ2n) is 5.92. The summed E-state index contributed by atoms with van der Waals surface area (Å²) in [5, 5.41) is 0.907. The second kappa shape index (κ2) is 6.82. The summed E-state index contributed by atoms with van der Waals surface area (Å²) < 4.78 is 5.87. The van der Waals surface area contributed by atoms with Gasteiger partial charge in [0, 0.05) is 33.0 Å². The minimum atomic E-state index is -0.275. The molecule has 1 aliphatic rings. The number of carbonyl (C=O) groups is 1. The van der Waals surface area contributed by atoms with Crippen LogP contribution in [0.4, 0.5) is 5.82 Å². The number of aromatic nitrogens is 3. The number of hydrogen-bond donors (Lipinski definition) is 0. The van der Waals surface area contributed by atoms with Gasteiger partial charge in [-0.3, -0.25) is 9.78 Å². The highest BCUT2D eigenvalue weighted by atomic mass is 32.1. The molecule has 0 spiro atoms. The summed E-state index contributed by atoms with van der Waals surface area (Å²) in [6.45, 7) is 5.32. The van der Waals surface area contributed by atoms with Gasteiger partial charge in [0.25, 0.3) is 5.91 Å². The lowest BCUT2D eigenvalue weighted by molar-refractivity contribution is -0.0244. The SMILES string of the molecule is Cc1nc(C)c(C(=O)N2CCO[C@H](c3nccnc3N(C)C)C2)s1. The van der Waals surface area contributed by atoms with Crippen LogP contribution in [0.15, 0.2) is 12.4 Å². The van der Waals surface area contributed by atoms with Gasteiger partial charge in [0.05, 0.1) is 23.9 Å². The third kappa shape index (κ3) is 3.25. The smallest absolute Gasteiger partial charge is 0.266 e. The summed E-state index contributed by atoms with van der Waals surface area (Å²) in [5.41, 5.74) is 1.55. The molecule has 0 aromatic carbocycles. The van der Waals surface area contributed by atoms with Crippen molar-refractivity contribution in [3.8, 4) is 0 Å². The standard InChI is InChI=1S/C16H21N5O2S/c1-10-14(24-11(2)19-10)16(22)21-7-8-23-12(9-21)13-15(20(3)4)18-6-5-17-13/h5-6,12H,7-9H2,1-4H3/t12-/m0/s1. The summed E-state index contributed by atoms with van der Waals surface area (Å²) in [6.07, 6.45) is 3.04. The van der Waals surface area contributed by atoms with Gasteiger partial charge in [-0.1, -0.05) is 0 Å². The highest BCUT2D eigenvalue weighted by molar-refractivity contribution is 7.13. The van der Waals surface area contributed by atoms with Crippen LogP contribution in [0.3, 0.4) is 0 Å². The predicted molar refractivity (Wildman–Crippen MR) is 92.5 cm³/mol. The first-order valence-corrected chi connectivity index (χ1v) is 8.62. The molecule has 1 fully saturated rings. The van der Waals surface area contributed by atoms with E-state index in [1.807, 2.05) is 37.7 Å². The van der Waals surface area contributed by atoms with E-state index in [9.17, 15) is 4.79 Å². The van der Waals surface area contributed by atoms with E-state index in [-0.39, 0.29) is 12.0 Å². The molecular weight excluding hydrogens is 326 g/mol. The largest absolute Gasteiger partial charge is 0.368 e. The molecule has 2 aromatic rings. The quantitative estimate of drug-likeness (QED) is 0.843. The lowest BCUT2D eigenvalue weighted by Gasteiger charge is -2.33. The number of aryl methyl sites for hydroxylation is 2. The topological polar surface area (TPSA) is 71.5 Å². The molecule has 0 saturated carbocycles. The molecule has 8 heteroatoms. The van der Waals surface area contributed by atoms with Crippen molar-refractivity contribution in [3.05, 3.63) is 33.7 Å². The minimum absolute atomic E-state index is 0.0155. The van der Waals surface area contributed by atoms with Crippen LogP contribution in [0.2, 0.25) is 0 Å². The Labute approximate surface area is 145 Å². The van der Waals surface area contributed by atoms with Gasteiger partial charge in [-0.25, -0.2) is 9.97 Å². The average molecular weight is 347 g/mol. The number of hydrogen-bond acceptors (Lipinski definition) is 7. The molecular formula is C16H21N5O2S. The molecule has 0 unspecified atom stereocenters. The summed E-state index contributed by atoms with van der Waals surface area (Å²) in [5.74, 6) is 0.781. The number of ether oxygens (including phenoxy) is 1. The van der Waals surface area contributed by atoms with E-state index < -0.39 is 0 Å². The molecule has 2 aromatic heterocycles. The van der Waals surface area contributed by atoms with Crippen molar-refractivity contribution in [2.24, 2.45) is 0 Å². The lowest BCUT2D eigenvalue weighted by Crippen LogP contribution is -2.42. The van der Waals surface area contributed by atoms with E-state index in [4.69, 9.17) is 4.74 Å². The number of amides is 1. The van der Waals surface area contributed by atoms with Gasteiger partial charge in [-0.15, -0.1) is 11.3 Å². The fourth-order valence-corrected chi connectivity index (χ4v) is 3.67. The fourth-order valence-electron chi connectivity index (χ4n) is 2.79. The lowest BCUT2D eigenvalue weighted by atomic mass is 10.2. The van der Waals surface area contributed by atoms with E-state index in [0.717, 1.165) is 22.2 Å². The number of morpholine rings is 1. The van der Waals surface area contributed by atoms with Gasteiger partial charge in [-0.05, 0) is 13.8 Å². The van der Waals surface area contributed by atoms with Gasteiger partial charge in [-0.2, -0.15) is 0 Å². The Bertz CT molecular complexity index is 746. The first-order valence-electron chi connectivity index (χ1n) is 7.80. The fraction of sp³-hybridized carbons (Fsp3) is 0.500. The van der Waals surface area contributed by atoms with Crippen LogP contribution >= 0.6 is 11.3 Å². The van der Waals surface area contributed by atoms with E-state index in [1.165, 1.54) is 11.3 Å². The maximum absolute atomic E-state index is 12.8. The normalized spacial score (nSPS) is 17.8. The zero-order chi connectivity index (χ0) is 17.3. The van der Waals surface area contributed by atoms with Crippen molar-refractivity contribution in [2.75, 3.05) is 38.7 Å². The van der Waals surface area contributed by atoms with Crippen LogP contribution in [0.1, 0.15) is 32.2 Å². The summed E-state index contributed by atoms with van der Waals surface area (Å²) in [6, 6.07) is 0. The molecule has 0 aliphatic carbocycles. The van der Waals surface area contributed by atoms with Gasteiger partial charge < -0.3 is 14.5 Å². The molecule has 1 aliphatic heterocycles. The van der Waals surface area contributed by atoms with E-state index in [1.54, 1.807) is 12.4 Å². The predicted octanol–water partition coefficient (Wildman–Crippen LogP) is 1.83. The third-order valence-corrected chi connectivity index (χ3v) is 4.95. The van der Waals surface area contributed by atoms with E-state index in [2.05, 4.69) is 15.0 Å². The molecule has 3 rings (SSSR count).